The number of carbonyl (C=O) groups excluding carboxylic acids is 1. The smallest absolute Gasteiger partial charge is 0.258 e. The van der Waals surface area contributed by atoms with Crippen molar-refractivity contribution in [2.24, 2.45) is 0 Å². The summed E-state index contributed by atoms with van der Waals surface area (Å²) in [5, 5.41) is 13.5. The maximum atomic E-state index is 12.1. The van der Waals surface area contributed by atoms with Crippen LogP contribution < -0.4 is 10.9 Å². The Morgan fingerprint density at radius 2 is 2.15 bits per heavy atom. The summed E-state index contributed by atoms with van der Waals surface area (Å²) >= 11 is 2.44. The van der Waals surface area contributed by atoms with Gasteiger partial charge >= 0.3 is 0 Å². The molecule has 0 saturated heterocycles. The van der Waals surface area contributed by atoms with Crippen LogP contribution in [0.25, 0.3) is 10.2 Å². The van der Waals surface area contributed by atoms with Crippen molar-refractivity contribution in [3.63, 3.8) is 0 Å². The second kappa shape index (κ2) is 7.88. The van der Waals surface area contributed by atoms with Crippen molar-refractivity contribution < 1.29 is 9.90 Å². The summed E-state index contributed by atoms with van der Waals surface area (Å²) in [5.74, 6) is -0.590. The average molecular weight is 390 g/mol. The number of hydrogen-bond donors (Lipinski definition) is 3. The molecule has 0 saturated carbocycles. The number of para-hydroxylation sites is 1. The summed E-state index contributed by atoms with van der Waals surface area (Å²) in [6.07, 6.45) is 0.718. The van der Waals surface area contributed by atoms with E-state index in [9.17, 15) is 14.7 Å². The van der Waals surface area contributed by atoms with Gasteiger partial charge in [-0.25, -0.2) is 4.98 Å². The molecule has 1 amide bonds. The molecule has 0 unspecified atom stereocenters. The summed E-state index contributed by atoms with van der Waals surface area (Å²) in [7, 11) is 0. The van der Waals surface area contributed by atoms with Gasteiger partial charge in [0, 0.05) is 0 Å². The SMILES string of the molecule is CC[C@@H](C)c1c(O)nc(SCC(=O)Nc2nc3ccccc3s2)[nH]c1=O. The van der Waals surface area contributed by atoms with Gasteiger partial charge in [-0.05, 0) is 24.5 Å². The highest BCUT2D eigenvalue weighted by molar-refractivity contribution is 7.99. The highest BCUT2D eigenvalue weighted by atomic mass is 32.2. The molecule has 3 aromatic rings. The molecule has 3 N–H and O–H groups in total. The minimum Gasteiger partial charge on any atom is -0.493 e. The van der Waals surface area contributed by atoms with Crippen LogP contribution in [-0.2, 0) is 4.79 Å². The first-order valence-electron chi connectivity index (χ1n) is 8.09. The lowest BCUT2D eigenvalue weighted by Crippen LogP contribution is -2.18. The van der Waals surface area contributed by atoms with E-state index in [1.54, 1.807) is 0 Å². The highest BCUT2D eigenvalue weighted by Gasteiger charge is 2.17. The Hall–Kier alpha value is -2.39. The lowest BCUT2D eigenvalue weighted by Gasteiger charge is -2.10. The number of fused-ring (bicyclic) bond motifs is 1. The molecule has 1 aromatic carbocycles. The van der Waals surface area contributed by atoms with Gasteiger partial charge in [0.1, 0.15) is 0 Å². The van der Waals surface area contributed by atoms with Gasteiger partial charge in [-0.3, -0.25) is 9.59 Å². The third-order valence-corrected chi connectivity index (χ3v) is 5.72. The number of amides is 1. The van der Waals surface area contributed by atoms with Crippen LogP contribution in [0.4, 0.5) is 5.13 Å². The van der Waals surface area contributed by atoms with Gasteiger partial charge in [-0.15, -0.1) is 0 Å². The molecular formula is C17H18N4O3S2. The Balaban J connectivity index is 1.65. The van der Waals surface area contributed by atoms with E-state index >= 15 is 0 Å². The highest BCUT2D eigenvalue weighted by Crippen LogP contribution is 2.26. The first-order valence-corrected chi connectivity index (χ1v) is 9.89. The Bertz CT molecular complexity index is 966. The summed E-state index contributed by atoms with van der Waals surface area (Å²) in [6, 6.07) is 7.63. The fourth-order valence-corrected chi connectivity index (χ4v) is 3.92. The molecule has 0 spiro atoms. The summed E-state index contributed by atoms with van der Waals surface area (Å²) in [5.41, 5.74) is 0.730. The van der Waals surface area contributed by atoms with Crippen LogP contribution in [0.3, 0.4) is 0 Å². The maximum Gasteiger partial charge on any atom is 0.258 e. The molecule has 136 valence electrons. The fraction of sp³-hybridized carbons (Fsp3) is 0.294. The molecule has 9 heteroatoms. The van der Waals surface area contributed by atoms with E-state index in [1.165, 1.54) is 11.3 Å². The topological polar surface area (TPSA) is 108 Å². The quantitative estimate of drug-likeness (QED) is 0.440. The molecule has 7 nitrogen and oxygen atoms in total. The Labute approximate surface area is 157 Å². The van der Waals surface area contributed by atoms with Gasteiger partial charge in [0.15, 0.2) is 10.3 Å². The number of benzene rings is 1. The first-order chi connectivity index (χ1) is 12.5. The molecule has 26 heavy (non-hydrogen) atoms. The van der Waals surface area contributed by atoms with Crippen LogP contribution in [0.1, 0.15) is 31.7 Å². The molecule has 0 aliphatic heterocycles. The number of aromatic hydroxyl groups is 1. The molecule has 0 aliphatic carbocycles. The summed E-state index contributed by atoms with van der Waals surface area (Å²) in [4.78, 5) is 35.2. The number of nitrogens with one attached hydrogen (secondary N) is 2. The Kier molecular flexibility index (Phi) is 5.58. The number of aromatic amines is 1. The van der Waals surface area contributed by atoms with Gasteiger partial charge in [0.25, 0.3) is 5.56 Å². The summed E-state index contributed by atoms with van der Waals surface area (Å²) in [6.45, 7) is 3.78. The van der Waals surface area contributed by atoms with Crippen molar-refractivity contribution in [3.05, 3.63) is 40.2 Å². The predicted molar refractivity (Wildman–Crippen MR) is 104 cm³/mol. The third-order valence-electron chi connectivity index (χ3n) is 3.90. The third kappa shape index (κ3) is 4.05. The minimum atomic E-state index is -0.374. The number of hydrogen-bond acceptors (Lipinski definition) is 7. The second-order valence-corrected chi connectivity index (χ2v) is 7.74. The van der Waals surface area contributed by atoms with E-state index < -0.39 is 0 Å². The molecule has 2 aromatic heterocycles. The maximum absolute atomic E-state index is 12.1. The Morgan fingerprint density at radius 1 is 1.38 bits per heavy atom. The molecule has 0 radical (unpaired) electrons. The van der Waals surface area contributed by atoms with Crippen LogP contribution in [-0.4, -0.2) is 31.7 Å². The standard InChI is InChI=1S/C17H18N4O3S2/c1-3-9(2)13-14(23)20-16(21-15(13)24)25-8-12(22)19-17-18-10-6-4-5-7-11(10)26-17/h4-7,9H,3,8H2,1-2H3,(H,18,19,22)(H2,20,21,23,24)/t9-/m1/s1. The molecule has 1 atom stereocenters. The van der Waals surface area contributed by atoms with Gasteiger partial charge in [-0.2, -0.15) is 4.98 Å². The predicted octanol–water partition coefficient (Wildman–Crippen LogP) is 3.33. The molecule has 3 rings (SSSR count). The number of aromatic nitrogens is 3. The number of rotatable bonds is 6. The monoisotopic (exact) mass is 390 g/mol. The fourth-order valence-electron chi connectivity index (χ4n) is 2.38. The molecule has 0 bridgehead atoms. The van der Waals surface area contributed by atoms with Crippen LogP contribution in [0, 0.1) is 0 Å². The van der Waals surface area contributed by atoms with E-state index in [2.05, 4.69) is 20.3 Å². The van der Waals surface area contributed by atoms with Crippen molar-refractivity contribution in [2.45, 2.75) is 31.3 Å². The van der Waals surface area contributed by atoms with E-state index in [-0.39, 0.29) is 39.7 Å². The van der Waals surface area contributed by atoms with Crippen LogP contribution in [0.15, 0.2) is 34.2 Å². The van der Waals surface area contributed by atoms with Crippen LogP contribution in [0.5, 0.6) is 5.88 Å². The molecule has 2 heterocycles. The number of thiazole rings is 1. The van der Waals surface area contributed by atoms with E-state index in [1.807, 2.05) is 38.1 Å². The van der Waals surface area contributed by atoms with E-state index in [4.69, 9.17) is 0 Å². The van der Waals surface area contributed by atoms with E-state index in [0.29, 0.717) is 5.13 Å². The number of carbonyl (C=O) groups is 1. The van der Waals surface area contributed by atoms with E-state index in [0.717, 1.165) is 28.4 Å². The second-order valence-electron chi connectivity index (χ2n) is 5.74. The van der Waals surface area contributed by atoms with Crippen molar-refractivity contribution >= 4 is 44.4 Å². The number of anilines is 1. The van der Waals surface area contributed by atoms with Crippen LogP contribution in [0.2, 0.25) is 0 Å². The van der Waals surface area contributed by atoms with Gasteiger partial charge in [0.2, 0.25) is 11.8 Å². The lowest BCUT2D eigenvalue weighted by molar-refractivity contribution is -0.113. The normalized spacial score (nSPS) is 12.2. The zero-order valence-corrected chi connectivity index (χ0v) is 15.9. The zero-order valence-electron chi connectivity index (χ0n) is 14.3. The van der Waals surface area contributed by atoms with Gasteiger partial charge in [-0.1, -0.05) is 49.1 Å². The molecule has 0 aliphatic rings. The zero-order chi connectivity index (χ0) is 18.7. The number of nitrogens with zero attached hydrogens (tertiary/aromatic N) is 2. The minimum absolute atomic E-state index is 0.0426. The lowest BCUT2D eigenvalue weighted by atomic mass is 10.0. The summed E-state index contributed by atoms with van der Waals surface area (Å²) < 4.78 is 0.993. The van der Waals surface area contributed by atoms with Crippen molar-refractivity contribution in [2.75, 3.05) is 11.1 Å². The number of H-pyrrole nitrogens is 1. The molecular weight excluding hydrogens is 372 g/mol. The first kappa shape index (κ1) is 18.4. The van der Waals surface area contributed by atoms with Crippen LogP contribution >= 0.6 is 23.1 Å². The van der Waals surface area contributed by atoms with Gasteiger partial charge in [0.05, 0.1) is 21.5 Å². The van der Waals surface area contributed by atoms with Gasteiger partial charge < -0.3 is 15.4 Å². The van der Waals surface area contributed by atoms with Crippen molar-refractivity contribution in [1.82, 2.24) is 15.0 Å². The van der Waals surface area contributed by atoms with Crippen molar-refractivity contribution in [3.8, 4) is 5.88 Å². The molecule has 0 fully saturated rings. The largest absolute Gasteiger partial charge is 0.493 e. The van der Waals surface area contributed by atoms with Crippen molar-refractivity contribution in [1.29, 1.82) is 0 Å². The average Bonchev–Trinajstić information content (AvgIpc) is 3.01. The number of thioether (sulfide) groups is 1. The Morgan fingerprint density at radius 3 is 2.85 bits per heavy atom.